The molecule has 140 valence electrons. The quantitative estimate of drug-likeness (QED) is 0.620. The first-order valence-corrected chi connectivity index (χ1v) is 8.31. The SMILES string of the molecule is CCCOc1ccc(N2C(=O)NC(=O)/C(=C\c3ccco3)C2=O)cc1OC. The third kappa shape index (κ3) is 3.69. The lowest BCUT2D eigenvalue weighted by atomic mass is 10.1. The molecule has 1 N–H and O–H groups in total. The van der Waals surface area contributed by atoms with Gasteiger partial charge in [-0.1, -0.05) is 6.92 Å². The van der Waals surface area contributed by atoms with E-state index in [9.17, 15) is 14.4 Å². The molecule has 2 heterocycles. The van der Waals surface area contributed by atoms with Crippen molar-refractivity contribution in [3.05, 3.63) is 47.9 Å². The Balaban J connectivity index is 1.96. The molecule has 0 unspecified atom stereocenters. The Morgan fingerprint density at radius 1 is 1.19 bits per heavy atom. The van der Waals surface area contributed by atoms with E-state index in [1.807, 2.05) is 6.92 Å². The third-order valence-electron chi connectivity index (χ3n) is 3.80. The summed E-state index contributed by atoms with van der Waals surface area (Å²) in [5.74, 6) is -0.356. The molecule has 4 amide bonds. The van der Waals surface area contributed by atoms with Crippen molar-refractivity contribution in [1.82, 2.24) is 5.32 Å². The van der Waals surface area contributed by atoms with Crippen LogP contribution in [0.4, 0.5) is 10.5 Å². The molecule has 1 aliphatic heterocycles. The Kier molecular flexibility index (Phi) is 5.25. The minimum Gasteiger partial charge on any atom is -0.493 e. The van der Waals surface area contributed by atoms with Crippen LogP contribution >= 0.6 is 0 Å². The van der Waals surface area contributed by atoms with Gasteiger partial charge in [0.2, 0.25) is 0 Å². The summed E-state index contributed by atoms with van der Waals surface area (Å²) in [5.41, 5.74) is 0.0332. The predicted octanol–water partition coefficient (Wildman–Crippen LogP) is 2.74. The molecule has 1 aromatic carbocycles. The molecule has 27 heavy (non-hydrogen) atoms. The zero-order valence-electron chi connectivity index (χ0n) is 14.9. The molecule has 3 rings (SSSR count). The monoisotopic (exact) mass is 370 g/mol. The van der Waals surface area contributed by atoms with Gasteiger partial charge in [0.05, 0.1) is 25.7 Å². The lowest BCUT2D eigenvalue weighted by Gasteiger charge is -2.26. The van der Waals surface area contributed by atoms with E-state index >= 15 is 0 Å². The molecular formula is C19H18N2O6. The maximum atomic E-state index is 12.8. The standard InChI is InChI=1S/C19H18N2O6/c1-3-8-27-15-7-6-12(10-16(15)25-2)21-18(23)14(17(22)20-19(21)24)11-13-5-4-9-26-13/h4-7,9-11H,3,8H2,1-2H3,(H,20,22,24)/b14-11+. The predicted molar refractivity (Wildman–Crippen MR) is 96.5 cm³/mol. The fraction of sp³-hybridized carbons (Fsp3) is 0.211. The van der Waals surface area contributed by atoms with Crippen molar-refractivity contribution in [3.8, 4) is 11.5 Å². The van der Waals surface area contributed by atoms with Crippen LogP contribution in [-0.2, 0) is 9.59 Å². The molecule has 8 heteroatoms. The number of benzene rings is 1. The van der Waals surface area contributed by atoms with Gasteiger partial charge in [-0.15, -0.1) is 0 Å². The van der Waals surface area contributed by atoms with Crippen LogP contribution in [0.25, 0.3) is 6.08 Å². The van der Waals surface area contributed by atoms with Crippen LogP contribution < -0.4 is 19.7 Å². The largest absolute Gasteiger partial charge is 0.493 e. The van der Waals surface area contributed by atoms with Crippen LogP contribution in [0.15, 0.2) is 46.6 Å². The molecular weight excluding hydrogens is 352 g/mol. The molecule has 8 nitrogen and oxygen atoms in total. The number of anilines is 1. The summed E-state index contributed by atoms with van der Waals surface area (Å²) in [5, 5.41) is 2.15. The van der Waals surface area contributed by atoms with Crippen molar-refractivity contribution in [3.63, 3.8) is 0 Å². The van der Waals surface area contributed by atoms with Crippen molar-refractivity contribution >= 4 is 29.6 Å². The lowest BCUT2D eigenvalue weighted by molar-refractivity contribution is -0.122. The number of nitrogens with one attached hydrogen (secondary N) is 1. The third-order valence-corrected chi connectivity index (χ3v) is 3.80. The van der Waals surface area contributed by atoms with Crippen LogP contribution in [0.1, 0.15) is 19.1 Å². The van der Waals surface area contributed by atoms with E-state index < -0.39 is 17.8 Å². The van der Waals surface area contributed by atoms with E-state index in [0.29, 0.717) is 23.9 Å². The van der Waals surface area contributed by atoms with Gasteiger partial charge in [0.25, 0.3) is 11.8 Å². The van der Waals surface area contributed by atoms with Crippen LogP contribution in [0.3, 0.4) is 0 Å². The number of ether oxygens (including phenoxy) is 2. The minimum absolute atomic E-state index is 0.213. The van der Waals surface area contributed by atoms with Gasteiger partial charge in [-0.2, -0.15) is 0 Å². The van der Waals surface area contributed by atoms with Gasteiger partial charge in [-0.3, -0.25) is 14.9 Å². The van der Waals surface area contributed by atoms with Crippen molar-refractivity contribution < 1.29 is 28.3 Å². The van der Waals surface area contributed by atoms with Crippen molar-refractivity contribution in [1.29, 1.82) is 0 Å². The Hall–Kier alpha value is -3.55. The number of imide groups is 2. The average molecular weight is 370 g/mol. The number of hydrogen-bond acceptors (Lipinski definition) is 6. The molecule has 0 radical (unpaired) electrons. The van der Waals surface area contributed by atoms with E-state index in [2.05, 4.69) is 5.32 Å². The topological polar surface area (TPSA) is 98.1 Å². The van der Waals surface area contributed by atoms with Crippen LogP contribution in [0.2, 0.25) is 0 Å². The lowest BCUT2D eigenvalue weighted by Crippen LogP contribution is -2.54. The molecule has 0 aliphatic carbocycles. The first-order chi connectivity index (χ1) is 13.0. The van der Waals surface area contributed by atoms with E-state index in [1.54, 1.807) is 24.3 Å². The van der Waals surface area contributed by atoms with Gasteiger partial charge in [-0.05, 0) is 36.8 Å². The number of urea groups is 1. The van der Waals surface area contributed by atoms with Crippen LogP contribution in [0.5, 0.6) is 11.5 Å². The highest BCUT2D eigenvalue weighted by Crippen LogP contribution is 2.33. The van der Waals surface area contributed by atoms with E-state index in [-0.39, 0.29) is 11.3 Å². The molecule has 0 spiro atoms. The molecule has 0 atom stereocenters. The Morgan fingerprint density at radius 2 is 2.00 bits per heavy atom. The van der Waals surface area contributed by atoms with Gasteiger partial charge >= 0.3 is 6.03 Å². The fourth-order valence-corrected chi connectivity index (χ4v) is 2.53. The number of hydrogen-bond donors (Lipinski definition) is 1. The summed E-state index contributed by atoms with van der Waals surface area (Å²) in [7, 11) is 1.46. The summed E-state index contributed by atoms with van der Waals surface area (Å²) in [6.07, 6.45) is 3.52. The number of methoxy groups -OCH3 is 1. The van der Waals surface area contributed by atoms with Crippen molar-refractivity contribution in [2.24, 2.45) is 0 Å². The van der Waals surface area contributed by atoms with Gasteiger partial charge in [-0.25, -0.2) is 9.69 Å². The zero-order chi connectivity index (χ0) is 19.4. The Labute approximate surface area is 155 Å². The Morgan fingerprint density at radius 3 is 2.67 bits per heavy atom. The highest BCUT2D eigenvalue weighted by atomic mass is 16.5. The second kappa shape index (κ2) is 7.77. The van der Waals surface area contributed by atoms with Gasteiger partial charge in [0.1, 0.15) is 11.3 Å². The van der Waals surface area contributed by atoms with E-state index in [1.165, 1.54) is 25.5 Å². The summed E-state index contributed by atoms with van der Waals surface area (Å²) >= 11 is 0. The molecule has 1 aliphatic rings. The van der Waals surface area contributed by atoms with E-state index in [4.69, 9.17) is 13.9 Å². The fourth-order valence-electron chi connectivity index (χ4n) is 2.53. The molecule has 1 saturated heterocycles. The maximum absolute atomic E-state index is 12.8. The minimum atomic E-state index is -0.842. The molecule has 2 aromatic rings. The first-order valence-electron chi connectivity index (χ1n) is 8.31. The highest BCUT2D eigenvalue weighted by Gasteiger charge is 2.37. The van der Waals surface area contributed by atoms with Gasteiger partial charge in [0.15, 0.2) is 11.5 Å². The average Bonchev–Trinajstić information content (AvgIpc) is 3.17. The zero-order valence-corrected chi connectivity index (χ0v) is 14.9. The summed E-state index contributed by atoms with van der Waals surface area (Å²) < 4.78 is 16.0. The van der Waals surface area contributed by atoms with Gasteiger partial charge < -0.3 is 13.9 Å². The molecule has 1 aromatic heterocycles. The summed E-state index contributed by atoms with van der Waals surface area (Å²) in [6, 6.07) is 7.04. The summed E-state index contributed by atoms with van der Waals surface area (Å²) in [6.45, 7) is 2.48. The van der Waals surface area contributed by atoms with E-state index in [0.717, 1.165) is 11.3 Å². The number of carbonyl (C=O) groups excluding carboxylic acids is 3. The maximum Gasteiger partial charge on any atom is 0.335 e. The Bertz CT molecular complexity index is 901. The number of rotatable bonds is 6. The molecule has 1 fully saturated rings. The summed E-state index contributed by atoms with van der Waals surface area (Å²) in [4.78, 5) is 38.0. The van der Waals surface area contributed by atoms with Gasteiger partial charge in [0, 0.05) is 6.07 Å². The number of barbiturate groups is 1. The van der Waals surface area contributed by atoms with Crippen molar-refractivity contribution in [2.45, 2.75) is 13.3 Å². The van der Waals surface area contributed by atoms with Crippen LogP contribution in [-0.4, -0.2) is 31.6 Å². The first kappa shape index (κ1) is 18.2. The molecule has 0 saturated carbocycles. The highest BCUT2D eigenvalue weighted by molar-refractivity contribution is 6.39. The number of amides is 4. The second-order valence-corrected chi connectivity index (χ2v) is 5.66. The number of nitrogens with zero attached hydrogens (tertiary/aromatic N) is 1. The smallest absolute Gasteiger partial charge is 0.335 e. The number of carbonyl (C=O) groups is 3. The normalized spacial score (nSPS) is 15.9. The second-order valence-electron chi connectivity index (χ2n) is 5.66. The van der Waals surface area contributed by atoms with Crippen LogP contribution in [0, 0.1) is 0 Å². The number of furan rings is 1. The molecule has 0 bridgehead atoms. The van der Waals surface area contributed by atoms with Crippen molar-refractivity contribution in [2.75, 3.05) is 18.6 Å².